The number of hydrogen-bond acceptors (Lipinski definition) is 3. The van der Waals surface area contributed by atoms with Gasteiger partial charge in [-0.25, -0.2) is 0 Å². The predicted molar refractivity (Wildman–Crippen MR) is 61.2 cm³/mol. The molecule has 0 aromatic rings. The van der Waals surface area contributed by atoms with Gasteiger partial charge in [0.05, 0.1) is 5.37 Å². The Bertz CT molecular complexity index is 187. The largest absolute Gasteiger partial charge is 0.329 e. The molecule has 2 N–H and O–H groups in total. The normalized spacial score (nSPS) is 21.6. The van der Waals surface area contributed by atoms with Crippen LogP contribution < -0.4 is 5.73 Å². The standard InChI is InChI=1S/C10H20N2OS/c1-2-3-4-5-9(13)12-6-7-14-10(12)8-11/h10H,2-8,11H2,1H3. The first-order valence-electron chi connectivity index (χ1n) is 5.40. The van der Waals surface area contributed by atoms with Crippen LogP contribution in [0, 0.1) is 0 Å². The number of unbranched alkanes of at least 4 members (excludes halogenated alkanes) is 2. The van der Waals surface area contributed by atoms with Crippen LogP contribution in [0.5, 0.6) is 0 Å². The van der Waals surface area contributed by atoms with Gasteiger partial charge >= 0.3 is 0 Å². The zero-order chi connectivity index (χ0) is 10.4. The fourth-order valence-electron chi connectivity index (χ4n) is 1.67. The Balaban J connectivity index is 2.28. The number of thioether (sulfide) groups is 1. The lowest BCUT2D eigenvalue weighted by molar-refractivity contribution is -0.131. The molecule has 1 aliphatic heterocycles. The number of nitrogens with zero attached hydrogens (tertiary/aromatic N) is 1. The molecule has 1 saturated heterocycles. The molecule has 82 valence electrons. The number of carbonyl (C=O) groups excluding carboxylic acids is 1. The molecular formula is C10H20N2OS. The van der Waals surface area contributed by atoms with Crippen molar-refractivity contribution in [3.05, 3.63) is 0 Å². The summed E-state index contributed by atoms with van der Waals surface area (Å²) in [6.07, 6.45) is 4.04. The molecule has 1 amide bonds. The first-order valence-corrected chi connectivity index (χ1v) is 6.45. The highest BCUT2D eigenvalue weighted by Gasteiger charge is 2.27. The summed E-state index contributed by atoms with van der Waals surface area (Å²) in [4.78, 5) is 13.7. The molecule has 0 aromatic heterocycles. The second-order valence-corrected chi connectivity index (χ2v) is 4.89. The van der Waals surface area contributed by atoms with E-state index in [1.165, 1.54) is 6.42 Å². The van der Waals surface area contributed by atoms with Crippen LogP contribution in [0.4, 0.5) is 0 Å². The Morgan fingerprint density at radius 3 is 3.00 bits per heavy atom. The summed E-state index contributed by atoms with van der Waals surface area (Å²) in [7, 11) is 0. The van der Waals surface area contributed by atoms with Gasteiger partial charge in [0.15, 0.2) is 0 Å². The van der Waals surface area contributed by atoms with Crippen molar-refractivity contribution in [1.29, 1.82) is 0 Å². The monoisotopic (exact) mass is 216 g/mol. The number of nitrogens with two attached hydrogens (primary N) is 1. The van der Waals surface area contributed by atoms with Crippen molar-refractivity contribution in [3.63, 3.8) is 0 Å². The van der Waals surface area contributed by atoms with Crippen LogP contribution in [0.3, 0.4) is 0 Å². The minimum Gasteiger partial charge on any atom is -0.329 e. The van der Waals surface area contributed by atoms with Crippen LogP contribution in [-0.4, -0.2) is 35.0 Å². The summed E-state index contributed by atoms with van der Waals surface area (Å²) in [5, 5.41) is 0.240. The number of amides is 1. The zero-order valence-electron chi connectivity index (χ0n) is 8.87. The van der Waals surface area contributed by atoms with Gasteiger partial charge in [0.1, 0.15) is 0 Å². The number of carbonyl (C=O) groups is 1. The maximum absolute atomic E-state index is 11.7. The molecule has 1 heterocycles. The van der Waals surface area contributed by atoms with E-state index in [1.807, 2.05) is 4.90 Å². The third-order valence-electron chi connectivity index (χ3n) is 2.51. The molecule has 0 aliphatic carbocycles. The lowest BCUT2D eigenvalue weighted by Gasteiger charge is -2.22. The van der Waals surface area contributed by atoms with Crippen molar-refractivity contribution in [2.75, 3.05) is 18.8 Å². The smallest absolute Gasteiger partial charge is 0.223 e. The quantitative estimate of drug-likeness (QED) is 0.707. The maximum Gasteiger partial charge on any atom is 0.223 e. The molecule has 0 radical (unpaired) electrons. The predicted octanol–water partition coefficient (Wildman–Crippen LogP) is 1.43. The molecule has 14 heavy (non-hydrogen) atoms. The van der Waals surface area contributed by atoms with Gasteiger partial charge in [0.25, 0.3) is 0 Å². The SMILES string of the molecule is CCCCCC(=O)N1CCSC1CN. The molecule has 1 rings (SSSR count). The van der Waals surface area contributed by atoms with Crippen molar-refractivity contribution in [2.24, 2.45) is 5.73 Å². The minimum absolute atomic E-state index is 0.240. The second kappa shape index (κ2) is 6.30. The van der Waals surface area contributed by atoms with E-state index in [9.17, 15) is 4.79 Å². The Morgan fingerprint density at radius 2 is 2.36 bits per heavy atom. The van der Waals surface area contributed by atoms with E-state index in [0.717, 1.165) is 25.1 Å². The van der Waals surface area contributed by atoms with Gasteiger partial charge in [-0.2, -0.15) is 0 Å². The van der Waals surface area contributed by atoms with Gasteiger partial charge in [0, 0.05) is 25.3 Å². The average Bonchev–Trinajstić information content (AvgIpc) is 2.65. The van der Waals surface area contributed by atoms with Crippen LogP contribution in [0.2, 0.25) is 0 Å². The molecule has 0 spiro atoms. The van der Waals surface area contributed by atoms with Crippen molar-refractivity contribution in [1.82, 2.24) is 4.90 Å². The van der Waals surface area contributed by atoms with Crippen LogP contribution in [0.25, 0.3) is 0 Å². The Kier molecular flexibility index (Phi) is 5.33. The Hall–Kier alpha value is -0.220. The lowest BCUT2D eigenvalue weighted by Crippen LogP contribution is -2.38. The highest BCUT2D eigenvalue weighted by atomic mass is 32.2. The van der Waals surface area contributed by atoms with Crippen molar-refractivity contribution in [3.8, 4) is 0 Å². The topological polar surface area (TPSA) is 46.3 Å². The molecule has 3 nitrogen and oxygen atoms in total. The van der Waals surface area contributed by atoms with Crippen LogP contribution in [-0.2, 0) is 4.79 Å². The maximum atomic E-state index is 11.7. The first kappa shape index (κ1) is 11.9. The van der Waals surface area contributed by atoms with E-state index in [4.69, 9.17) is 5.73 Å². The van der Waals surface area contributed by atoms with Crippen LogP contribution in [0.1, 0.15) is 32.6 Å². The third-order valence-corrected chi connectivity index (χ3v) is 3.76. The molecule has 1 unspecified atom stereocenters. The van der Waals surface area contributed by atoms with Crippen LogP contribution >= 0.6 is 11.8 Å². The van der Waals surface area contributed by atoms with Crippen molar-refractivity contribution < 1.29 is 4.79 Å². The van der Waals surface area contributed by atoms with E-state index in [2.05, 4.69) is 6.92 Å². The average molecular weight is 216 g/mol. The number of hydrogen-bond donors (Lipinski definition) is 1. The van der Waals surface area contributed by atoms with Gasteiger partial charge in [-0.05, 0) is 6.42 Å². The summed E-state index contributed by atoms with van der Waals surface area (Å²) in [6.45, 7) is 3.63. The Labute approximate surface area is 90.4 Å². The summed E-state index contributed by atoms with van der Waals surface area (Å²) < 4.78 is 0. The second-order valence-electron chi connectivity index (χ2n) is 3.61. The number of rotatable bonds is 5. The van der Waals surface area contributed by atoms with E-state index in [0.29, 0.717) is 18.9 Å². The minimum atomic E-state index is 0.240. The highest BCUT2D eigenvalue weighted by Crippen LogP contribution is 2.23. The Morgan fingerprint density at radius 1 is 1.57 bits per heavy atom. The van der Waals surface area contributed by atoms with E-state index < -0.39 is 0 Å². The van der Waals surface area contributed by atoms with Crippen molar-refractivity contribution in [2.45, 2.75) is 38.0 Å². The summed E-state index contributed by atoms with van der Waals surface area (Å²) in [6, 6.07) is 0. The van der Waals surface area contributed by atoms with Gasteiger partial charge in [-0.15, -0.1) is 11.8 Å². The zero-order valence-corrected chi connectivity index (χ0v) is 9.68. The molecule has 1 atom stereocenters. The first-order chi connectivity index (χ1) is 6.79. The molecular weight excluding hydrogens is 196 g/mol. The summed E-state index contributed by atoms with van der Waals surface area (Å²) in [5.41, 5.74) is 5.60. The lowest BCUT2D eigenvalue weighted by atomic mass is 10.2. The van der Waals surface area contributed by atoms with Crippen LogP contribution in [0.15, 0.2) is 0 Å². The molecule has 4 heteroatoms. The van der Waals surface area contributed by atoms with Gasteiger partial charge < -0.3 is 10.6 Å². The molecule has 1 aliphatic rings. The van der Waals surface area contributed by atoms with Gasteiger partial charge in [-0.1, -0.05) is 19.8 Å². The fraction of sp³-hybridized carbons (Fsp3) is 0.900. The van der Waals surface area contributed by atoms with Gasteiger partial charge in [-0.3, -0.25) is 4.79 Å². The summed E-state index contributed by atoms with van der Waals surface area (Å²) in [5.74, 6) is 1.33. The molecule has 0 saturated carbocycles. The van der Waals surface area contributed by atoms with E-state index in [-0.39, 0.29) is 5.37 Å². The third kappa shape index (κ3) is 3.17. The molecule has 1 fully saturated rings. The highest BCUT2D eigenvalue weighted by molar-refractivity contribution is 8.00. The molecule has 0 bridgehead atoms. The van der Waals surface area contributed by atoms with E-state index in [1.54, 1.807) is 11.8 Å². The van der Waals surface area contributed by atoms with Crippen molar-refractivity contribution >= 4 is 17.7 Å². The molecule has 0 aromatic carbocycles. The van der Waals surface area contributed by atoms with Gasteiger partial charge in [0.2, 0.25) is 5.91 Å². The fourth-order valence-corrected chi connectivity index (χ4v) is 2.78. The van der Waals surface area contributed by atoms with E-state index >= 15 is 0 Å². The summed E-state index contributed by atoms with van der Waals surface area (Å²) >= 11 is 1.80.